The first kappa shape index (κ1) is 16.5. The Morgan fingerprint density at radius 2 is 1.90 bits per heavy atom. The van der Waals surface area contributed by atoms with E-state index in [2.05, 4.69) is 11.9 Å². The summed E-state index contributed by atoms with van der Waals surface area (Å²) in [7, 11) is 0. The molecule has 0 atom stereocenters. The second-order valence-electron chi connectivity index (χ2n) is 6.56. The van der Waals surface area contributed by atoms with Crippen molar-refractivity contribution >= 4 is 12.0 Å². The van der Waals surface area contributed by atoms with Crippen molar-refractivity contribution in [3.63, 3.8) is 0 Å². The van der Waals surface area contributed by atoms with E-state index in [0.29, 0.717) is 6.54 Å². The molecule has 5 heteroatoms. The summed E-state index contributed by atoms with van der Waals surface area (Å²) in [5.74, 6) is -0.863. The van der Waals surface area contributed by atoms with E-state index in [1.807, 2.05) is 20.8 Å². The fourth-order valence-corrected chi connectivity index (χ4v) is 2.77. The maximum atomic E-state index is 12.5. The number of hydrogen-bond acceptors (Lipinski definition) is 2. The second-order valence-corrected chi connectivity index (χ2v) is 6.56. The van der Waals surface area contributed by atoms with Gasteiger partial charge in [0.05, 0.1) is 12.0 Å². The van der Waals surface area contributed by atoms with E-state index in [-0.39, 0.29) is 18.0 Å². The van der Waals surface area contributed by atoms with Gasteiger partial charge in [0.15, 0.2) is 0 Å². The molecule has 2 N–H and O–H groups in total. The van der Waals surface area contributed by atoms with Crippen molar-refractivity contribution in [3.05, 3.63) is 12.7 Å². The largest absolute Gasteiger partial charge is 0.481 e. The van der Waals surface area contributed by atoms with Crippen LogP contribution in [0.25, 0.3) is 0 Å². The van der Waals surface area contributed by atoms with Crippen LogP contribution in [0.1, 0.15) is 52.9 Å². The number of aliphatic carboxylic acids is 1. The predicted octanol–water partition coefficient (Wildman–Crippen LogP) is 2.77. The smallest absolute Gasteiger partial charge is 0.318 e. The van der Waals surface area contributed by atoms with Crippen LogP contribution in [0.2, 0.25) is 0 Å². The predicted molar refractivity (Wildman–Crippen MR) is 78.6 cm³/mol. The van der Waals surface area contributed by atoms with Gasteiger partial charge >= 0.3 is 12.0 Å². The summed E-state index contributed by atoms with van der Waals surface area (Å²) >= 11 is 0. The molecule has 20 heavy (non-hydrogen) atoms. The first-order chi connectivity index (χ1) is 9.20. The topological polar surface area (TPSA) is 69.6 Å². The van der Waals surface area contributed by atoms with E-state index in [1.54, 1.807) is 11.0 Å². The number of nitrogens with zero attached hydrogens (tertiary/aromatic N) is 1. The lowest BCUT2D eigenvalue weighted by molar-refractivity contribution is -0.138. The third kappa shape index (κ3) is 4.25. The minimum atomic E-state index is -0.863. The van der Waals surface area contributed by atoms with Crippen molar-refractivity contribution in [1.29, 1.82) is 0 Å². The lowest BCUT2D eigenvalue weighted by atomic mass is 9.93. The quantitative estimate of drug-likeness (QED) is 0.762. The molecule has 0 heterocycles. The summed E-state index contributed by atoms with van der Waals surface area (Å²) in [6.45, 7) is 9.98. The number of carbonyl (C=O) groups excluding carboxylic acids is 1. The Labute approximate surface area is 121 Å². The van der Waals surface area contributed by atoms with Gasteiger partial charge in [-0.15, -0.1) is 6.58 Å². The van der Waals surface area contributed by atoms with Gasteiger partial charge in [0, 0.05) is 12.1 Å². The maximum Gasteiger partial charge on any atom is 0.318 e. The Bertz CT molecular complexity index is 379. The average Bonchev–Trinajstić information content (AvgIpc) is 2.71. The lowest BCUT2D eigenvalue weighted by Gasteiger charge is -2.38. The van der Waals surface area contributed by atoms with Gasteiger partial charge in [-0.25, -0.2) is 4.79 Å². The highest BCUT2D eigenvalue weighted by Crippen LogP contribution is 2.33. The minimum absolute atomic E-state index is 0.00911. The molecule has 1 aliphatic carbocycles. The number of nitrogens with one attached hydrogen (secondary N) is 1. The molecule has 0 radical (unpaired) electrons. The average molecular weight is 282 g/mol. The maximum absolute atomic E-state index is 12.5. The van der Waals surface area contributed by atoms with Gasteiger partial charge in [-0.05, 0) is 33.6 Å². The molecular formula is C15H26N2O3. The van der Waals surface area contributed by atoms with Crippen molar-refractivity contribution in [2.75, 3.05) is 6.54 Å². The summed E-state index contributed by atoms with van der Waals surface area (Å²) < 4.78 is 0. The van der Waals surface area contributed by atoms with Crippen LogP contribution in [0.5, 0.6) is 0 Å². The van der Waals surface area contributed by atoms with Crippen LogP contribution in [0.3, 0.4) is 0 Å². The second kappa shape index (κ2) is 6.29. The highest BCUT2D eigenvalue weighted by atomic mass is 16.4. The number of rotatable bonds is 5. The highest BCUT2D eigenvalue weighted by Gasteiger charge is 2.39. The number of hydrogen-bond donors (Lipinski definition) is 2. The van der Waals surface area contributed by atoms with Crippen LogP contribution in [0, 0.1) is 0 Å². The SMILES string of the molecule is C=CCN(C(=O)NC1(CC(=O)O)CCCC1)C(C)(C)C. The van der Waals surface area contributed by atoms with Gasteiger partial charge in [-0.3, -0.25) is 4.79 Å². The fraction of sp³-hybridized carbons (Fsp3) is 0.733. The van der Waals surface area contributed by atoms with E-state index in [1.165, 1.54) is 0 Å². The van der Waals surface area contributed by atoms with Crippen LogP contribution in [0.4, 0.5) is 4.79 Å². The molecule has 1 rings (SSSR count). The summed E-state index contributed by atoms with van der Waals surface area (Å²) in [6, 6.07) is -0.208. The van der Waals surface area contributed by atoms with E-state index < -0.39 is 11.5 Å². The zero-order valence-electron chi connectivity index (χ0n) is 12.7. The van der Waals surface area contributed by atoms with E-state index in [4.69, 9.17) is 5.11 Å². The number of carboxylic acid groups (broad SMARTS) is 1. The van der Waals surface area contributed by atoms with Crippen LogP contribution < -0.4 is 5.32 Å². The first-order valence-electron chi connectivity index (χ1n) is 7.13. The first-order valence-corrected chi connectivity index (χ1v) is 7.13. The lowest BCUT2D eigenvalue weighted by Crippen LogP contribution is -2.57. The van der Waals surface area contributed by atoms with E-state index in [9.17, 15) is 9.59 Å². The molecule has 0 aromatic carbocycles. The van der Waals surface area contributed by atoms with Gasteiger partial charge in [-0.2, -0.15) is 0 Å². The summed E-state index contributed by atoms with van der Waals surface area (Å²) in [6.07, 6.45) is 5.07. The number of carboxylic acids is 1. The molecule has 0 aliphatic heterocycles. The van der Waals surface area contributed by atoms with Gasteiger partial charge in [0.2, 0.25) is 0 Å². The van der Waals surface area contributed by atoms with E-state index in [0.717, 1.165) is 25.7 Å². The summed E-state index contributed by atoms with van der Waals surface area (Å²) in [5, 5.41) is 12.0. The molecule has 0 spiro atoms. The minimum Gasteiger partial charge on any atom is -0.481 e. The van der Waals surface area contributed by atoms with Crippen LogP contribution in [0.15, 0.2) is 12.7 Å². The normalized spacial score (nSPS) is 17.6. The van der Waals surface area contributed by atoms with Crippen LogP contribution >= 0.6 is 0 Å². The molecule has 1 saturated carbocycles. The van der Waals surface area contributed by atoms with Crippen LogP contribution in [-0.4, -0.2) is 39.6 Å². The number of amides is 2. The standard InChI is InChI=1S/C15H26N2O3/c1-5-10-17(14(2,3)4)13(20)16-15(11-12(18)19)8-6-7-9-15/h5H,1,6-11H2,2-4H3,(H,16,20)(H,18,19). The Morgan fingerprint density at radius 3 is 2.30 bits per heavy atom. The van der Waals surface area contributed by atoms with Gasteiger partial charge in [0.1, 0.15) is 0 Å². The van der Waals surface area contributed by atoms with Crippen molar-refractivity contribution in [3.8, 4) is 0 Å². The summed E-state index contributed by atoms with van der Waals surface area (Å²) in [4.78, 5) is 25.2. The molecule has 0 unspecified atom stereocenters. The number of urea groups is 1. The Kier molecular flexibility index (Phi) is 5.20. The van der Waals surface area contributed by atoms with Crippen molar-refractivity contribution in [2.24, 2.45) is 0 Å². The van der Waals surface area contributed by atoms with Crippen LogP contribution in [-0.2, 0) is 4.79 Å². The summed E-state index contributed by atoms with van der Waals surface area (Å²) in [5.41, 5.74) is -0.922. The molecule has 1 aliphatic rings. The Balaban J connectivity index is 2.84. The molecule has 0 saturated heterocycles. The molecule has 0 aromatic rings. The zero-order chi connectivity index (χ0) is 15.4. The number of carbonyl (C=O) groups is 2. The molecule has 1 fully saturated rings. The Hall–Kier alpha value is -1.52. The third-order valence-electron chi connectivity index (χ3n) is 3.79. The fourth-order valence-electron chi connectivity index (χ4n) is 2.77. The van der Waals surface area contributed by atoms with Crippen molar-refractivity contribution in [2.45, 2.75) is 64.0 Å². The molecule has 0 bridgehead atoms. The molecule has 0 aromatic heterocycles. The van der Waals surface area contributed by atoms with Gasteiger partial charge < -0.3 is 15.3 Å². The van der Waals surface area contributed by atoms with Gasteiger partial charge in [-0.1, -0.05) is 18.9 Å². The Morgan fingerprint density at radius 1 is 1.35 bits per heavy atom. The van der Waals surface area contributed by atoms with E-state index >= 15 is 0 Å². The third-order valence-corrected chi connectivity index (χ3v) is 3.79. The van der Waals surface area contributed by atoms with Crippen molar-refractivity contribution < 1.29 is 14.7 Å². The molecule has 114 valence electrons. The molecular weight excluding hydrogens is 256 g/mol. The molecule has 2 amide bonds. The monoisotopic (exact) mass is 282 g/mol. The highest BCUT2D eigenvalue weighted by molar-refractivity contribution is 5.77. The van der Waals surface area contributed by atoms with Gasteiger partial charge in [0.25, 0.3) is 0 Å². The zero-order valence-corrected chi connectivity index (χ0v) is 12.7. The molecule has 5 nitrogen and oxygen atoms in total. The van der Waals surface area contributed by atoms with Crippen molar-refractivity contribution in [1.82, 2.24) is 10.2 Å².